The van der Waals surface area contributed by atoms with E-state index in [1.54, 1.807) is 12.1 Å². The number of hydrogen-bond donors (Lipinski definition) is 0. The maximum Gasteiger partial charge on any atom is 0.183 e. The summed E-state index contributed by atoms with van der Waals surface area (Å²) in [5, 5.41) is 8.74. The Bertz CT molecular complexity index is 437. The highest BCUT2D eigenvalue weighted by atomic mass is 16.7. The van der Waals surface area contributed by atoms with Crippen molar-refractivity contribution in [1.29, 1.82) is 5.26 Å². The average Bonchev–Trinajstić information content (AvgIpc) is 2.46. The van der Waals surface area contributed by atoms with E-state index in [9.17, 15) is 0 Å². The van der Waals surface area contributed by atoms with E-state index in [4.69, 9.17) is 14.7 Å². The molecule has 0 aliphatic carbocycles. The zero-order chi connectivity index (χ0) is 12.8. The number of nitriles is 1. The molecule has 1 aliphatic rings. The van der Waals surface area contributed by atoms with Crippen LogP contribution in [0.5, 0.6) is 0 Å². The molecule has 1 aromatic rings. The summed E-state index contributed by atoms with van der Waals surface area (Å²) in [7, 11) is 0. The van der Waals surface area contributed by atoms with Gasteiger partial charge in [-0.3, -0.25) is 0 Å². The van der Waals surface area contributed by atoms with Crippen molar-refractivity contribution in [3.8, 4) is 6.07 Å². The Labute approximate surface area is 108 Å². The van der Waals surface area contributed by atoms with E-state index >= 15 is 0 Å². The molecule has 3 heteroatoms. The number of ether oxygens (including phenoxy) is 2. The second kappa shape index (κ2) is 6.34. The first-order valence-corrected chi connectivity index (χ1v) is 6.23. The number of allylic oxidation sites excluding steroid dienone is 1. The van der Waals surface area contributed by atoms with Crippen LogP contribution in [0, 0.1) is 17.2 Å². The van der Waals surface area contributed by atoms with Gasteiger partial charge in [0.1, 0.15) is 0 Å². The van der Waals surface area contributed by atoms with Gasteiger partial charge in [-0.25, -0.2) is 0 Å². The van der Waals surface area contributed by atoms with Crippen molar-refractivity contribution >= 4 is 0 Å². The van der Waals surface area contributed by atoms with Crippen LogP contribution in [0.3, 0.4) is 0 Å². The first-order valence-electron chi connectivity index (χ1n) is 6.23. The lowest BCUT2D eigenvalue weighted by atomic mass is 10.1. The Balaban J connectivity index is 1.93. The maximum absolute atomic E-state index is 8.74. The Morgan fingerprint density at radius 3 is 2.50 bits per heavy atom. The molecule has 0 spiro atoms. The SMILES string of the molecule is CCC=C[C@H]1CO[C@H](c2ccc(C#N)cc2)OC1. The normalized spacial score (nSPS) is 24.0. The Morgan fingerprint density at radius 2 is 1.94 bits per heavy atom. The summed E-state index contributed by atoms with van der Waals surface area (Å²) in [5.74, 6) is 0.347. The number of benzene rings is 1. The van der Waals surface area contributed by atoms with Gasteiger partial charge in [0.05, 0.1) is 24.8 Å². The topological polar surface area (TPSA) is 42.2 Å². The van der Waals surface area contributed by atoms with Crippen LogP contribution in [-0.2, 0) is 9.47 Å². The highest BCUT2D eigenvalue weighted by Gasteiger charge is 2.21. The third-order valence-electron chi connectivity index (χ3n) is 2.88. The largest absolute Gasteiger partial charge is 0.348 e. The molecule has 18 heavy (non-hydrogen) atoms. The van der Waals surface area contributed by atoms with Gasteiger partial charge in [0.25, 0.3) is 0 Å². The molecular weight excluding hydrogens is 226 g/mol. The molecule has 0 aromatic heterocycles. The molecule has 3 nitrogen and oxygen atoms in total. The van der Waals surface area contributed by atoms with Crippen LogP contribution < -0.4 is 0 Å². The monoisotopic (exact) mass is 243 g/mol. The highest BCUT2D eigenvalue weighted by molar-refractivity contribution is 5.32. The van der Waals surface area contributed by atoms with Crippen molar-refractivity contribution in [3.63, 3.8) is 0 Å². The molecule has 0 bridgehead atoms. The third-order valence-corrected chi connectivity index (χ3v) is 2.88. The second-order valence-electron chi connectivity index (χ2n) is 4.33. The van der Waals surface area contributed by atoms with Gasteiger partial charge in [-0.2, -0.15) is 5.26 Å². The fourth-order valence-corrected chi connectivity index (χ4v) is 1.87. The van der Waals surface area contributed by atoms with Crippen molar-refractivity contribution in [2.75, 3.05) is 13.2 Å². The molecule has 0 N–H and O–H groups in total. The van der Waals surface area contributed by atoms with Crippen LogP contribution in [0.2, 0.25) is 0 Å². The van der Waals surface area contributed by atoms with Crippen LogP contribution in [0.25, 0.3) is 0 Å². The number of nitrogens with zero attached hydrogens (tertiary/aromatic N) is 1. The second-order valence-corrected chi connectivity index (χ2v) is 4.33. The summed E-state index contributed by atoms with van der Waals surface area (Å²) in [6.45, 7) is 3.48. The lowest BCUT2D eigenvalue weighted by molar-refractivity contribution is -0.197. The predicted molar refractivity (Wildman–Crippen MR) is 68.7 cm³/mol. The molecular formula is C15H17NO2. The van der Waals surface area contributed by atoms with Gasteiger partial charge in [0, 0.05) is 11.5 Å². The first kappa shape index (κ1) is 12.8. The smallest absolute Gasteiger partial charge is 0.183 e. The van der Waals surface area contributed by atoms with Crippen molar-refractivity contribution in [2.45, 2.75) is 19.6 Å². The minimum atomic E-state index is -0.302. The maximum atomic E-state index is 8.74. The zero-order valence-electron chi connectivity index (χ0n) is 10.5. The summed E-state index contributed by atoms with van der Waals surface area (Å²) < 4.78 is 11.4. The minimum Gasteiger partial charge on any atom is -0.348 e. The van der Waals surface area contributed by atoms with Gasteiger partial charge in [-0.15, -0.1) is 0 Å². The van der Waals surface area contributed by atoms with E-state index in [0.717, 1.165) is 12.0 Å². The van der Waals surface area contributed by atoms with Crippen molar-refractivity contribution < 1.29 is 9.47 Å². The van der Waals surface area contributed by atoms with Crippen molar-refractivity contribution in [2.24, 2.45) is 5.92 Å². The minimum absolute atomic E-state index is 0.302. The van der Waals surface area contributed by atoms with E-state index in [0.29, 0.717) is 24.7 Å². The molecule has 1 aromatic carbocycles. The average molecular weight is 243 g/mol. The summed E-state index contributed by atoms with van der Waals surface area (Å²) in [4.78, 5) is 0. The zero-order valence-corrected chi connectivity index (χ0v) is 10.5. The lowest BCUT2D eigenvalue weighted by Crippen LogP contribution is -2.25. The van der Waals surface area contributed by atoms with Crippen LogP contribution in [0.4, 0.5) is 0 Å². The van der Waals surface area contributed by atoms with Crippen LogP contribution in [0.15, 0.2) is 36.4 Å². The first-order chi connectivity index (χ1) is 8.83. The van der Waals surface area contributed by atoms with E-state index in [1.165, 1.54) is 0 Å². The van der Waals surface area contributed by atoms with Crippen LogP contribution in [0.1, 0.15) is 30.8 Å². The fraction of sp³-hybridized carbons (Fsp3) is 0.400. The highest BCUT2D eigenvalue weighted by Crippen LogP contribution is 2.25. The summed E-state index contributed by atoms with van der Waals surface area (Å²) in [6.07, 6.45) is 5.02. The van der Waals surface area contributed by atoms with E-state index in [1.807, 2.05) is 12.1 Å². The number of rotatable bonds is 3. The molecule has 1 aliphatic heterocycles. The molecule has 0 saturated carbocycles. The molecule has 0 amide bonds. The molecule has 94 valence electrons. The molecule has 0 radical (unpaired) electrons. The van der Waals surface area contributed by atoms with Crippen molar-refractivity contribution in [3.05, 3.63) is 47.5 Å². The standard InChI is InChI=1S/C15H17NO2/c1-2-3-4-13-10-17-15(18-11-13)14-7-5-12(9-16)6-8-14/h3-8,13,15H,2,10-11H2,1H3/t13-,15-. The van der Waals surface area contributed by atoms with Crippen LogP contribution >= 0.6 is 0 Å². The van der Waals surface area contributed by atoms with Gasteiger partial charge in [-0.05, 0) is 18.6 Å². The molecule has 0 unspecified atom stereocenters. The van der Waals surface area contributed by atoms with Gasteiger partial charge >= 0.3 is 0 Å². The predicted octanol–water partition coefficient (Wildman–Crippen LogP) is 3.19. The summed E-state index contributed by atoms with van der Waals surface area (Å²) >= 11 is 0. The Hall–Kier alpha value is -1.63. The molecule has 1 fully saturated rings. The van der Waals surface area contributed by atoms with Gasteiger partial charge in [0.2, 0.25) is 0 Å². The van der Waals surface area contributed by atoms with Crippen molar-refractivity contribution in [1.82, 2.24) is 0 Å². The summed E-state index contributed by atoms with van der Waals surface area (Å²) in [5.41, 5.74) is 1.62. The van der Waals surface area contributed by atoms with Gasteiger partial charge < -0.3 is 9.47 Å². The molecule has 1 saturated heterocycles. The van der Waals surface area contributed by atoms with E-state index in [-0.39, 0.29) is 6.29 Å². The quantitative estimate of drug-likeness (QED) is 0.766. The van der Waals surface area contributed by atoms with Gasteiger partial charge in [0.15, 0.2) is 6.29 Å². The van der Waals surface area contributed by atoms with E-state index < -0.39 is 0 Å². The van der Waals surface area contributed by atoms with E-state index in [2.05, 4.69) is 25.1 Å². The number of hydrogen-bond acceptors (Lipinski definition) is 3. The van der Waals surface area contributed by atoms with Gasteiger partial charge in [-0.1, -0.05) is 31.2 Å². The third kappa shape index (κ3) is 3.19. The Morgan fingerprint density at radius 1 is 1.28 bits per heavy atom. The fourth-order valence-electron chi connectivity index (χ4n) is 1.87. The summed E-state index contributed by atoms with van der Waals surface area (Å²) in [6, 6.07) is 9.42. The Kier molecular flexibility index (Phi) is 4.52. The molecule has 0 atom stereocenters. The molecule has 2 rings (SSSR count). The lowest BCUT2D eigenvalue weighted by Gasteiger charge is -2.28. The molecule has 1 heterocycles. The van der Waals surface area contributed by atoms with Crippen LogP contribution in [-0.4, -0.2) is 13.2 Å².